The molecule has 0 unspecified atom stereocenters. The molecule has 2 rings (SSSR count). The van der Waals surface area contributed by atoms with Crippen molar-refractivity contribution < 1.29 is 18.0 Å². The Labute approximate surface area is 141 Å². The normalized spacial score (nSPS) is 10.8. The number of carbonyl (C=O) groups excluding carboxylic acids is 1. The smallest absolute Gasteiger partial charge is 0.360 e. The lowest BCUT2D eigenvalue weighted by Crippen LogP contribution is -2.28. The molecule has 0 amide bonds. The van der Waals surface area contributed by atoms with Gasteiger partial charge in [0.2, 0.25) is 0 Å². The van der Waals surface area contributed by atoms with E-state index in [2.05, 4.69) is 4.79 Å². The molecule has 0 radical (unpaired) electrons. The first-order chi connectivity index (χ1) is 11.5. The molecule has 0 saturated heterocycles. The standard InChI is InChI=1S/C18H18N2O3S/c19-20-18(17(21)16-12-5-2-6-13-16)24(22,23)14-8-7-11-15-9-3-1-4-10-15/h1-6,9-10,12-13H,7-8,11,14H2. The van der Waals surface area contributed by atoms with Gasteiger partial charge in [-0.25, -0.2) is 8.42 Å². The molecule has 6 heteroatoms. The van der Waals surface area contributed by atoms with Gasteiger partial charge in [0.15, 0.2) is 0 Å². The third-order valence-corrected chi connectivity index (χ3v) is 5.27. The summed E-state index contributed by atoms with van der Waals surface area (Å²) in [5, 5.41) is -0.798. The number of nitrogens with zero attached hydrogens (tertiary/aromatic N) is 2. The van der Waals surface area contributed by atoms with Crippen LogP contribution in [-0.2, 0) is 16.3 Å². The lowest BCUT2D eigenvalue weighted by atomic mass is 10.1. The van der Waals surface area contributed by atoms with Gasteiger partial charge in [0.05, 0.1) is 5.75 Å². The van der Waals surface area contributed by atoms with Crippen LogP contribution in [0.2, 0.25) is 0 Å². The topological polar surface area (TPSA) is 87.6 Å². The first-order valence-electron chi connectivity index (χ1n) is 7.63. The number of sulfone groups is 1. The third-order valence-electron chi connectivity index (χ3n) is 3.59. The molecule has 2 aromatic carbocycles. The molecule has 0 N–H and O–H groups in total. The van der Waals surface area contributed by atoms with Crippen LogP contribution in [0.15, 0.2) is 60.7 Å². The van der Waals surface area contributed by atoms with E-state index in [0.29, 0.717) is 12.8 Å². The van der Waals surface area contributed by atoms with Crippen LogP contribution in [0.4, 0.5) is 0 Å². The second-order valence-corrected chi connectivity index (χ2v) is 7.39. The first-order valence-corrected chi connectivity index (χ1v) is 9.28. The number of hydrogen-bond donors (Lipinski definition) is 0. The molecule has 0 fully saturated rings. The Morgan fingerprint density at radius 1 is 0.917 bits per heavy atom. The molecule has 0 aliphatic rings. The SMILES string of the molecule is [N-]=[N+]=C(C(=O)c1ccccc1)S(=O)(=O)CCCCc1ccccc1. The molecule has 0 aliphatic heterocycles. The van der Waals surface area contributed by atoms with Gasteiger partial charge >= 0.3 is 5.04 Å². The Hall–Kier alpha value is -2.56. The number of unbranched alkanes of at least 4 members (excludes halogenated alkanes) is 1. The van der Waals surface area contributed by atoms with Crippen molar-refractivity contribution in [2.75, 3.05) is 5.75 Å². The van der Waals surface area contributed by atoms with Gasteiger partial charge in [-0.3, -0.25) is 4.79 Å². The Morgan fingerprint density at radius 3 is 2.08 bits per heavy atom. The van der Waals surface area contributed by atoms with Crippen molar-refractivity contribution in [1.29, 1.82) is 0 Å². The van der Waals surface area contributed by atoms with Gasteiger partial charge in [-0.05, 0) is 24.8 Å². The van der Waals surface area contributed by atoms with Gasteiger partial charge in [0.1, 0.15) is 0 Å². The fraction of sp³-hybridized carbons (Fsp3) is 0.222. The largest absolute Gasteiger partial charge is 0.452 e. The molecule has 0 aromatic heterocycles. The predicted octanol–water partition coefficient (Wildman–Crippen LogP) is 2.94. The Bertz CT molecular complexity index is 840. The van der Waals surface area contributed by atoms with E-state index in [1.54, 1.807) is 18.2 Å². The average molecular weight is 342 g/mol. The van der Waals surface area contributed by atoms with Crippen LogP contribution in [-0.4, -0.2) is 29.8 Å². The first kappa shape index (κ1) is 17.8. The number of hydrogen-bond acceptors (Lipinski definition) is 3. The zero-order chi connectivity index (χ0) is 17.4. The monoisotopic (exact) mass is 342 g/mol. The highest BCUT2D eigenvalue weighted by Crippen LogP contribution is 2.09. The van der Waals surface area contributed by atoms with E-state index < -0.39 is 20.7 Å². The number of rotatable bonds is 7. The summed E-state index contributed by atoms with van der Waals surface area (Å²) in [6, 6.07) is 17.7. The molecule has 0 heterocycles. The summed E-state index contributed by atoms with van der Waals surface area (Å²) in [5.74, 6) is -1.01. The molecule has 0 aliphatic carbocycles. The van der Waals surface area contributed by atoms with Crippen LogP contribution in [0.25, 0.3) is 5.53 Å². The van der Waals surface area contributed by atoms with Crippen molar-refractivity contribution in [2.24, 2.45) is 0 Å². The number of carbonyl (C=O) groups is 1. The number of ketones is 1. The van der Waals surface area contributed by atoms with E-state index >= 15 is 0 Å². The van der Waals surface area contributed by atoms with Gasteiger partial charge in [0, 0.05) is 5.56 Å². The number of aryl methyl sites for hydroxylation is 1. The zero-order valence-corrected chi connectivity index (χ0v) is 13.9. The minimum atomic E-state index is -3.92. The van der Waals surface area contributed by atoms with Crippen LogP contribution in [0.1, 0.15) is 28.8 Å². The molecule has 0 atom stereocenters. The molecular formula is C18H18N2O3S. The summed E-state index contributed by atoms with van der Waals surface area (Å²) in [6.07, 6.45) is 1.81. The van der Waals surface area contributed by atoms with E-state index in [0.717, 1.165) is 12.0 Å². The predicted molar refractivity (Wildman–Crippen MR) is 92.6 cm³/mol. The van der Waals surface area contributed by atoms with Gasteiger partial charge in [-0.1, -0.05) is 60.7 Å². The number of Topliss-reactive ketones (excluding diaryl/α,β-unsaturated/α-hetero) is 1. The van der Waals surface area contributed by atoms with Crippen molar-refractivity contribution in [2.45, 2.75) is 19.3 Å². The molecule has 24 heavy (non-hydrogen) atoms. The van der Waals surface area contributed by atoms with E-state index in [-0.39, 0.29) is 11.3 Å². The third kappa shape index (κ3) is 4.72. The van der Waals surface area contributed by atoms with Crippen LogP contribution >= 0.6 is 0 Å². The summed E-state index contributed by atoms with van der Waals surface area (Å²) in [7, 11) is -3.92. The highest BCUT2D eigenvalue weighted by molar-refractivity contribution is 8.08. The Kier molecular flexibility index (Phi) is 6.18. The molecule has 0 saturated carbocycles. The van der Waals surface area contributed by atoms with Gasteiger partial charge in [-0.15, -0.1) is 4.79 Å². The van der Waals surface area contributed by atoms with E-state index in [4.69, 9.17) is 5.53 Å². The Balaban J connectivity index is 1.98. The van der Waals surface area contributed by atoms with Crippen molar-refractivity contribution >= 4 is 20.7 Å². The molecule has 0 spiro atoms. The quantitative estimate of drug-likeness (QED) is 0.193. The summed E-state index contributed by atoms with van der Waals surface area (Å²) in [4.78, 5) is 15.0. The van der Waals surface area contributed by atoms with E-state index in [9.17, 15) is 13.2 Å². The lowest BCUT2D eigenvalue weighted by molar-refractivity contribution is -0.00158. The van der Waals surface area contributed by atoms with Crippen molar-refractivity contribution in [3.63, 3.8) is 0 Å². The molecule has 0 bridgehead atoms. The maximum absolute atomic E-state index is 12.3. The highest BCUT2D eigenvalue weighted by atomic mass is 32.2. The molecule has 5 nitrogen and oxygen atoms in total. The summed E-state index contributed by atoms with van der Waals surface area (Å²) < 4.78 is 24.6. The second kappa shape index (κ2) is 8.34. The average Bonchev–Trinajstić information content (AvgIpc) is 2.61. The van der Waals surface area contributed by atoms with Crippen molar-refractivity contribution in [1.82, 2.24) is 0 Å². The Morgan fingerprint density at radius 2 is 1.50 bits per heavy atom. The van der Waals surface area contributed by atoms with Gasteiger partial charge in [-0.2, -0.15) is 0 Å². The molecule has 2 aromatic rings. The van der Waals surface area contributed by atoms with Crippen molar-refractivity contribution in [3.05, 3.63) is 77.3 Å². The molecule has 124 valence electrons. The van der Waals surface area contributed by atoms with E-state index in [1.807, 2.05) is 30.3 Å². The highest BCUT2D eigenvalue weighted by Gasteiger charge is 2.35. The maximum atomic E-state index is 12.3. The van der Waals surface area contributed by atoms with Crippen LogP contribution in [0.3, 0.4) is 0 Å². The van der Waals surface area contributed by atoms with Crippen LogP contribution in [0.5, 0.6) is 0 Å². The second-order valence-electron chi connectivity index (χ2n) is 5.36. The number of benzene rings is 2. The fourth-order valence-electron chi connectivity index (χ4n) is 2.32. The fourth-order valence-corrected chi connectivity index (χ4v) is 3.63. The lowest BCUT2D eigenvalue weighted by Gasteiger charge is -2.02. The van der Waals surface area contributed by atoms with Gasteiger partial charge in [0.25, 0.3) is 15.6 Å². The van der Waals surface area contributed by atoms with E-state index in [1.165, 1.54) is 12.1 Å². The summed E-state index contributed by atoms with van der Waals surface area (Å²) in [5.41, 5.74) is 10.3. The van der Waals surface area contributed by atoms with Crippen LogP contribution in [0, 0.1) is 0 Å². The van der Waals surface area contributed by atoms with Gasteiger partial charge < -0.3 is 5.53 Å². The van der Waals surface area contributed by atoms with Crippen LogP contribution < -0.4 is 0 Å². The maximum Gasteiger partial charge on any atom is 0.452 e. The summed E-state index contributed by atoms with van der Waals surface area (Å²) in [6.45, 7) is 0. The zero-order valence-electron chi connectivity index (χ0n) is 13.1. The van der Waals surface area contributed by atoms with Crippen molar-refractivity contribution in [3.8, 4) is 0 Å². The minimum Gasteiger partial charge on any atom is -0.360 e. The minimum absolute atomic E-state index is 0.179. The molecular weight excluding hydrogens is 324 g/mol. The summed E-state index contributed by atoms with van der Waals surface area (Å²) >= 11 is 0.